The summed E-state index contributed by atoms with van der Waals surface area (Å²) in [4.78, 5) is 0. The van der Waals surface area contributed by atoms with E-state index in [-0.39, 0.29) is 22.3 Å². The van der Waals surface area contributed by atoms with Crippen molar-refractivity contribution >= 4 is 0 Å². The number of rotatable bonds is 1. The molecule has 2 fully saturated rings. The van der Waals surface area contributed by atoms with Crippen molar-refractivity contribution in [2.75, 3.05) is 7.11 Å². The summed E-state index contributed by atoms with van der Waals surface area (Å²) in [6, 6.07) is 3.90. The summed E-state index contributed by atoms with van der Waals surface area (Å²) in [5.41, 5.74) is 2.60. The lowest BCUT2D eigenvalue weighted by molar-refractivity contribution is -0.151. The van der Waals surface area contributed by atoms with Gasteiger partial charge in [0.25, 0.3) is 0 Å². The lowest BCUT2D eigenvalue weighted by Crippen LogP contribution is -2.58. The minimum Gasteiger partial charge on any atom is -0.507 e. The summed E-state index contributed by atoms with van der Waals surface area (Å²) in [6.45, 7) is 9.32. The molecule has 4 rings (SSSR count). The Bertz CT molecular complexity index is 709. The summed E-state index contributed by atoms with van der Waals surface area (Å²) < 4.78 is 5.39. The number of hydrogen-bond donors (Lipinski definition) is 2. The maximum Gasteiger partial charge on any atom is 0.123 e. The number of methoxy groups -OCH3 is 1. The van der Waals surface area contributed by atoms with Gasteiger partial charge in [-0.05, 0) is 66.4 Å². The maximum atomic E-state index is 10.8. The van der Waals surface area contributed by atoms with Crippen molar-refractivity contribution in [3.05, 3.63) is 23.3 Å². The molecule has 0 aliphatic heterocycles. The van der Waals surface area contributed by atoms with E-state index in [2.05, 4.69) is 33.8 Å². The summed E-state index contributed by atoms with van der Waals surface area (Å²) >= 11 is 0. The van der Waals surface area contributed by atoms with Gasteiger partial charge in [0.05, 0.1) is 13.2 Å². The first-order valence-electron chi connectivity index (χ1n) is 9.73. The number of phenolic OH excluding ortho intramolecular Hbond substituents is 1. The molecule has 5 atom stereocenters. The predicted octanol–water partition coefficient (Wildman–Crippen LogP) is 4.43. The SMILES string of the molecule is COc1cc(O)c2c(c1)CC1C2(C)CCC2C(C)(C)C(O)CCC12C. The highest BCUT2D eigenvalue weighted by atomic mass is 16.5. The third-order valence-electron chi connectivity index (χ3n) is 8.43. The molecule has 25 heavy (non-hydrogen) atoms. The molecule has 2 N–H and O–H groups in total. The number of aliphatic hydroxyl groups excluding tert-OH is 1. The summed E-state index contributed by atoms with van der Waals surface area (Å²) in [5.74, 6) is 2.19. The van der Waals surface area contributed by atoms with Crippen molar-refractivity contribution < 1.29 is 14.9 Å². The van der Waals surface area contributed by atoms with Crippen molar-refractivity contribution in [2.24, 2.45) is 22.7 Å². The third-order valence-corrected chi connectivity index (χ3v) is 8.43. The van der Waals surface area contributed by atoms with E-state index in [0.717, 1.165) is 43.4 Å². The van der Waals surface area contributed by atoms with Crippen LogP contribution < -0.4 is 4.74 Å². The Labute approximate surface area is 151 Å². The predicted molar refractivity (Wildman–Crippen MR) is 99.1 cm³/mol. The van der Waals surface area contributed by atoms with E-state index in [1.54, 1.807) is 13.2 Å². The smallest absolute Gasteiger partial charge is 0.123 e. The standard InChI is InChI=1S/C22H32O3/c1-20(2)16-6-8-22(4)17(21(16,3)9-7-18(20)24)11-13-10-14(25-5)12-15(23)19(13)22/h10,12,16-18,23-24H,6-9,11H2,1-5H3. The molecule has 3 nitrogen and oxygen atoms in total. The Balaban J connectivity index is 1.81. The van der Waals surface area contributed by atoms with Crippen LogP contribution in [-0.2, 0) is 11.8 Å². The van der Waals surface area contributed by atoms with Gasteiger partial charge in [0, 0.05) is 17.0 Å². The number of benzene rings is 1. The maximum absolute atomic E-state index is 10.8. The fourth-order valence-electron chi connectivity index (χ4n) is 7.11. The molecule has 3 aliphatic rings. The highest BCUT2D eigenvalue weighted by molar-refractivity contribution is 5.54. The van der Waals surface area contributed by atoms with Gasteiger partial charge in [-0.1, -0.05) is 27.7 Å². The molecule has 2 saturated carbocycles. The Hall–Kier alpha value is -1.22. The number of aromatic hydroxyl groups is 1. The molecule has 0 spiro atoms. The van der Waals surface area contributed by atoms with Gasteiger partial charge in [-0.15, -0.1) is 0 Å². The zero-order chi connectivity index (χ0) is 18.2. The quantitative estimate of drug-likeness (QED) is 0.792. The van der Waals surface area contributed by atoms with Gasteiger partial charge in [-0.3, -0.25) is 0 Å². The fraction of sp³-hybridized carbons (Fsp3) is 0.727. The zero-order valence-corrected chi connectivity index (χ0v) is 16.2. The zero-order valence-electron chi connectivity index (χ0n) is 16.2. The average molecular weight is 344 g/mol. The van der Waals surface area contributed by atoms with E-state index < -0.39 is 0 Å². The number of ether oxygens (including phenoxy) is 1. The minimum atomic E-state index is -0.202. The number of hydrogen-bond acceptors (Lipinski definition) is 3. The van der Waals surface area contributed by atoms with Gasteiger partial charge in [0.1, 0.15) is 11.5 Å². The second-order valence-electron chi connectivity index (χ2n) is 9.83. The lowest BCUT2D eigenvalue weighted by Gasteiger charge is -2.62. The molecule has 0 amide bonds. The van der Waals surface area contributed by atoms with Gasteiger partial charge in [-0.2, -0.15) is 0 Å². The second kappa shape index (κ2) is 5.16. The van der Waals surface area contributed by atoms with E-state index in [1.807, 2.05) is 0 Å². The molecule has 1 aromatic carbocycles. The van der Waals surface area contributed by atoms with Crippen molar-refractivity contribution in [3.8, 4) is 11.5 Å². The lowest BCUT2D eigenvalue weighted by atomic mass is 9.43. The van der Waals surface area contributed by atoms with Crippen molar-refractivity contribution in [2.45, 2.75) is 71.3 Å². The third kappa shape index (κ3) is 2.08. The summed E-state index contributed by atoms with van der Waals surface area (Å²) in [7, 11) is 1.66. The molecule has 0 bridgehead atoms. The number of aliphatic hydroxyl groups is 1. The average Bonchev–Trinajstić information content (AvgIpc) is 2.86. The van der Waals surface area contributed by atoms with Crippen molar-refractivity contribution in [1.82, 2.24) is 0 Å². The highest BCUT2D eigenvalue weighted by Gasteiger charge is 2.63. The monoisotopic (exact) mass is 344 g/mol. The van der Waals surface area contributed by atoms with Crippen LogP contribution in [0.3, 0.4) is 0 Å². The van der Waals surface area contributed by atoms with E-state index >= 15 is 0 Å². The van der Waals surface area contributed by atoms with E-state index in [4.69, 9.17) is 4.74 Å². The molecule has 5 unspecified atom stereocenters. The molecule has 0 saturated heterocycles. The van der Waals surface area contributed by atoms with E-state index in [0.29, 0.717) is 17.6 Å². The van der Waals surface area contributed by atoms with Crippen LogP contribution in [-0.4, -0.2) is 23.4 Å². The van der Waals surface area contributed by atoms with Crippen LogP contribution in [0.5, 0.6) is 11.5 Å². The topological polar surface area (TPSA) is 49.7 Å². The Morgan fingerprint density at radius 2 is 1.76 bits per heavy atom. The first kappa shape index (κ1) is 17.2. The number of phenols is 1. The minimum absolute atomic E-state index is 0.0231. The molecular weight excluding hydrogens is 312 g/mol. The Morgan fingerprint density at radius 3 is 2.44 bits per heavy atom. The van der Waals surface area contributed by atoms with E-state index in [1.165, 1.54) is 5.56 Å². The van der Waals surface area contributed by atoms with Gasteiger partial charge in [-0.25, -0.2) is 0 Å². The van der Waals surface area contributed by atoms with Gasteiger partial charge >= 0.3 is 0 Å². The molecule has 3 heteroatoms. The normalized spacial score (nSPS) is 41.6. The van der Waals surface area contributed by atoms with Gasteiger partial charge < -0.3 is 14.9 Å². The largest absolute Gasteiger partial charge is 0.507 e. The van der Waals surface area contributed by atoms with Crippen molar-refractivity contribution in [3.63, 3.8) is 0 Å². The van der Waals surface area contributed by atoms with Crippen LogP contribution in [0, 0.1) is 22.7 Å². The second-order valence-corrected chi connectivity index (χ2v) is 9.83. The molecule has 1 aromatic rings. The first-order valence-corrected chi connectivity index (χ1v) is 9.73. The van der Waals surface area contributed by atoms with Crippen LogP contribution in [0.15, 0.2) is 12.1 Å². The molecule has 0 radical (unpaired) electrons. The molecule has 3 aliphatic carbocycles. The van der Waals surface area contributed by atoms with Crippen molar-refractivity contribution in [1.29, 1.82) is 0 Å². The first-order chi connectivity index (χ1) is 11.6. The van der Waals surface area contributed by atoms with Crippen LogP contribution in [0.1, 0.15) is 64.5 Å². The van der Waals surface area contributed by atoms with Gasteiger partial charge in [0.2, 0.25) is 0 Å². The number of fused-ring (bicyclic) bond motifs is 5. The summed E-state index contributed by atoms with van der Waals surface area (Å²) in [6.07, 6.45) is 4.98. The van der Waals surface area contributed by atoms with Crippen LogP contribution in [0.2, 0.25) is 0 Å². The highest BCUT2D eigenvalue weighted by Crippen LogP contribution is 2.68. The molecule has 0 heterocycles. The Morgan fingerprint density at radius 1 is 1.04 bits per heavy atom. The van der Waals surface area contributed by atoms with Gasteiger partial charge in [0.15, 0.2) is 0 Å². The van der Waals surface area contributed by atoms with E-state index in [9.17, 15) is 10.2 Å². The fourth-order valence-corrected chi connectivity index (χ4v) is 7.11. The Kier molecular flexibility index (Phi) is 3.55. The van der Waals surface area contributed by atoms with Crippen LogP contribution in [0.25, 0.3) is 0 Å². The van der Waals surface area contributed by atoms with Crippen LogP contribution in [0.4, 0.5) is 0 Å². The molecule has 0 aromatic heterocycles. The van der Waals surface area contributed by atoms with Crippen LogP contribution >= 0.6 is 0 Å². The molecular formula is C22H32O3. The summed E-state index contributed by atoms with van der Waals surface area (Å²) in [5, 5.41) is 21.4. The molecule has 138 valence electrons.